The van der Waals surface area contributed by atoms with E-state index in [1.807, 2.05) is 45.0 Å². The van der Waals surface area contributed by atoms with E-state index in [0.717, 1.165) is 16.9 Å². The minimum atomic E-state index is 0.0723. The highest BCUT2D eigenvalue weighted by Crippen LogP contribution is 2.26. The van der Waals surface area contributed by atoms with E-state index >= 15 is 0 Å². The van der Waals surface area contributed by atoms with E-state index in [-0.39, 0.29) is 11.9 Å². The summed E-state index contributed by atoms with van der Waals surface area (Å²) in [6.07, 6.45) is 1.70. The van der Waals surface area contributed by atoms with Crippen LogP contribution in [0.3, 0.4) is 0 Å². The molecule has 1 aromatic heterocycles. The Balaban J connectivity index is 1.93. The minimum Gasteiger partial charge on any atom is -0.504 e. The van der Waals surface area contributed by atoms with Gasteiger partial charge in [-0.05, 0) is 68.9 Å². The molecule has 0 saturated heterocycles. The molecule has 28 heavy (non-hydrogen) atoms. The molecule has 3 aromatic rings. The molecule has 0 aliphatic carbocycles. The summed E-state index contributed by atoms with van der Waals surface area (Å²) in [6, 6.07) is 12.6. The Bertz CT molecular complexity index is 1040. The fourth-order valence-corrected chi connectivity index (χ4v) is 2.75. The highest BCUT2D eigenvalue weighted by molar-refractivity contribution is 7.71. The third-order valence-electron chi connectivity index (χ3n) is 3.72. The maximum atomic E-state index is 9.83. The summed E-state index contributed by atoms with van der Waals surface area (Å²) in [5.41, 5.74) is 1.58. The zero-order valence-electron chi connectivity index (χ0n) is 15.9. The van der Waals surface area contributed by atoms with E-state index in [4.69, 9.17) is 21.7 Å². The van der Waals surface area contributed by atoms with Crippen LogP contribution < -0.4 is 9.47 Å². The van der Waals surface area contributed by atoms with Crippen LogP contribution in [0.4, 0.5) is 0 Å². The number of ether oxygens (including phenoxy) is 2. The van der Waals surface area contributed by atoms with E-state index in [2.05, 4.69) is 15.3 Å². The van der Waals surface area contributed by atoms with Gasteiger partial charge in [0.1, 0.15) is 5.75 Å². The zero-order valence-corrected chi connectivity index (χ0v) is 16.7. The summed E-state index contributed by atoms with van der Waals surface area (Å²) in [7, 11) is 0. The third kappa shape index (κ3) is 4.58. The van der Waals surface area contributed by atoms with Crippen molar-refractivity contribution >= 4 is 18.4 Å². The van der Waals surface area contributed by atoms with Gasteiger partial charge in [-0.15, -0.1) is 0 Å². The van der Waals surface area contributed by atoms with Crippen molar-refractivity contribution < 1.29 is 14.6 Å². The second kappa shape index (κ2) is 8.71. The van der Waals surface area contributed by atoms with Crippen molar-refractivity contribution in [3.8, 4) is 28.6 Å². The molecule has 1 heterocycles. The molecule has 0 aliphatic rings. The molecule has 0 bridgehead atoms. The van der Waals surface area contributed by atoms with Gasteiger partial charge in [0.05, 0.1) is 18.9 Å². The monoisotopic (exact) mass is 398 g/mol. The first kappa shape index (κ1) is 19.6. The molecule has 0 spiro atoms. The van der Waals surface area contributed by atoms with Crippen molar-refractivity contribution in [1.82, 2.24) is 14.9 Å². The third-order valence-corrected chi connectivity index (χ3v) is 3.98. The molecule has 8 heteroatoms. The molecular weight excluding hydrogens is 376 g/mol. The van der Waals surface area contributed by atoms with Crippen molar-refractivity contribution in [2.24, 2.45) is 5.10 Å². The smallest absolute Gasteiger partial charge is 0.216 e. The van der Waals surface area contributed by atoms with E-state index in [1.54, 1.807) is 24.4 Å². The summed E-state index contributed by atoms with van der Waals surface area (Å²) >= 11 is 5.31. The Labute approximate surface area is 168 Å². The summed E-state index contributed by atoms with van der Waals surface area (Å²) in [5.74, 6) is 1.80. The van der Waals surface area contributed by atoms with Crippen molar-refractivity contribution in [3.63, 3.8) is 0 Å². The molecule has 0 saturated carbocycles. The molecule has 146 valence electrons. The largest absolute Gasteiger partial charge is 0.504 e. The summed E-state index contributed by atoms with van der Waals surface area (Å²) in [6.45, 7) is 6.26. The Kier molecular flexibility index (Phi) is 6.10. The molecule has 0 fully saturated rings. The van der Waals surface area contributed by atoms with Crippen molar-refractivity contribution in [2.45, 2.75) is 26.9 Å². The van der Waals surface area contributed by atoms with Gasteiger partial charge < -0.3 is 14.6 Å². The predicted molar refractivity (Wildman–Crippen MR) is 111 cm³/mol. The van der Waals surface area contributed by atoms with Crippen LogP contribution in [0.15, 0.2) is 47.6 Å². The van der Waals surface area contributed by atoms with Crippen molar-refractivity contribution in [2.75, 3.05) is 6.61 Å². The summed E-state index contributed by atoms with van der Waals surface area (Å²) in [4.78, 5) is 0. The molecule has 0 aliphatic heterocycles. The van der Waals surface area contributed by atoms with Gasteiger partial charge in [0.25, 0.3) is 0 Å². The van der Waals surface area contributed by atoms with Crippen LogP contribution in [-0.4, -0.2) is 38.9 Å². The standard InChI is InChI=1S/C20H22N4O3S/c1-4-26-18-10-14(8-9-17(18)25)12-21-24-19(22-23-20(24)28)15-6-5-7-16(11-15)27-13(2)3/h5-13,25H,4H2,1-3H3,(H,23,28)/b21-12+. The molecule has 0 atom stereocenters. The number of aromatic amines is 1. The van der Waals surface area contributed by atoms with Crippen molar-refractivity contribution in [1.29, 1.82) is 0 Å². The van der Waals surface area contributed by atoms with Crippen LogP contribution in [0.5, 0.6) is 17.2 Å². The SMILES string of the molecule is CCOc1cc(/C=N/n2c(-c3cccc(OC(C)C)c3)n[nH]c2=S)ccc1O. The van der Waals surface area contributed by atoms with Crippen LogP contribution >= 0.6 is 12.2 Å². The Morgan fingerprint density at radius 2 is 2.11 bits per heavy atom. The minimum absolute atomic E-state index is 0.0723. The number of benzene rings is 2. The molecule has 0 unspecified atom stereocenters. The van der Waals surface area contributed by atoms with Gasteiger partial charge in [-0.1, -0.05) is 12.1 Å². The number of phenolic OH excluding ortho intramolecular Hbond substituents is 1. The molecule has 2 aromatic carbocycles. The number of hydrogen-bond donors (Lipinski definition) is 2. The number of hydrogen-bond acceptors (Lipinski definition) is 6. The van der Waals surface area contributed by atoms with E-state index < -0.39 is 0 Å². The Hall–Kier alpha value is -3.13. The van der Waals surface area contributed by atoms with Gasteiger partial charge in [0.15, 0.2) is 17.3 Å². The zero-order chi connectivity index (χ0) is 20.1. The van der Waals surface area contributed by atoms with Crippen molar-refractivity contribution in [3.05, 3.63) is 52.8 Å². The number of aromatic hydroxyl groups is 1. The van der Waals surface area contributed by atoms with Crippen LogP contribution in [0.1, 0.15) is 26.3 Å². The van der Waals surface area contributed by atoms with Crippen LogP contribution in [-0.2, 0) is 0 Å². The lowest BCUT2D eigenvalue weighted by atomic mass is 10.2. The lowest BCUT2D eigenvalue weighted by molar-refractivity contribution is 0.242. The molecule has 7 nitrogen and oxygen atoms in total. The van der Waals surface area contributed by atoms with Crippen LogP contribution in [0.2, 0.25) is 0 Å². The van der Waals surface area contributed by atoms with Gasteiger partial charge in [-0.3, -0.25) is 0 Å². The summed E-state index contributed by atoms with van der Waals surface area (Å²) < 4.78 is 13.1. The first-order valence-corrected chi connectivity index (χ1v) is 9.33. The molecule has 3 rings (SSSR count). The van der Waals surface area contributed by atoms with E-state index in [0.29, 0.717) is 23.0 Å². The number of aromatic nitrogens is 3. The van der Waals surface area contributed by atoms with E-state index in [9.17, 15) is 5.11 Å². The maximum Gasteiger partial charge on any atom is 0.216 e. The maximum absolute atomic E-state index is 9.83. The van der Waals surface area contributed by atoms with Crippen LogP contribution in [0, 0.1) is 4.77 Å². The topological polar surface area (TPSA) is 84.7 Å². The first-order valence-electron chi connectivity index (χ1n) is 8.92. The number of phenols is 1. The number of nitrogens with one attached hydrogen (secondary N) is 1. The fourth-order valence-electron chi connectivity index (χ4n) is 2.57. The first-order chi connectivity index (χ1) is 13.5. The quantitative estimate of drug-likeness (QED) is 0.456. The van der Waals surface area contributed by atoms with Gasteiger partial charge >= 0.3 is 0 Å². The fraction of sp³-hybridized carbons (Fsp3) is 0.250. The highest BCUT2D eigenvalue weighted by Gasteiger charge is 2.10. The van der Waals surface area contributed by atoms with E-state index in [1.165, 1.54) is 4.68 Å². The predicted octanol–water partition coefficient (Wildman–Crippen LogP) is 4.38. The molecular formula is C20H22N4O3S. The number of nitrogens with zero attached hydrogens (tertiary/aromatic N) is 3. The molecule has 0 radical (unpaired) electrons. The Morgan fingerprint density at radius 3 is 2.86 bits per heavy atom. The number of H-pyrrole nitrogens is 1. The number of rotatable bonds is 7. The van der Waals surface area contributed by atoms with Gasteiger partial charge in [-0.25, -0.2) is 5.10 Å². The van der Waals surface area contributed by atoms with Crippen LogP contribution in [0.25, 0.3) is 11.4 Å². The Morgan fingerprint density at radius 1 is 1.29 bits per heavy atom. The van der Waals surface area contributed by atoms with Gasteiger partial charge in [0.2, 0.25) is 4.77 Å². The van der Waals surface area contributed by atoms with Gasteiger partial charge in [0, 0.05) is 5.56 Å². The average Bonchev–Trinajstić information content (AvgIpc) is 3.03. The second-order valence-electron chi connectivity index (χ2n) is 6.26. The molecule has 0 amide bonds. The molecule has 2 N–H and O–H groups in total. The second-order valence-corrected chi connectivity index (χ2v) is 6.65. The lowest BCUT2D eigenvalue weighted by Gasteiger charge is -2.10. The van der Waals surface area contributed by atoms with Gasteiger partial charge in [-0.2, -0.15) is 14.9 Å². The average molecular weight is 398 g/mol. The normalized spacial score (nSPS) is 11.3. The summed E-state index contributed by atoms with van der Waals surface area (Å²) in [5, 5.41) is 21.3. The highest BCUT2D eigenvalue weighted by atomic mass is 32.1. The lowest BCUT2D eigenvalue weighted by Crippen LogP contribution is -2.05.